The average Bonchev–Trinajstić information content (AvgIpc) is 3.04. The zero-order valence-corrected chi connectivity index (χ0v) is 20.0. The first-order chi connectivity index (χ1) is 16.5. The van der Waals surface area contributed by atoms with Crippen LogP contribution in [0.1, 0.15) is 51.5 Å². The van der Waals surface area contributed by atoms with Crippen LogP contribution in [0.5, 0.6) is 5.75 Å². The van der Waals surface area contributed by atoms with E-state index in [1.807, 2.05) is 12.2 Å². The molecule has 0 heterocycles. The minimum atomic E-state index is -4.49. The lowest BCUT2D eigenvalue weighted by Gasteiger charge is -2.19. The number of carbonyl (C=O) groups excluding carboxylic acids is 1. The van der Waals surface area contributed by atoms with E-state index in [1.165, 1.54) is 18.2 Å². The number of alkyl halides is 3. The molecule has 1 aliphatic rings. The Bertz CT molecular complexity index is 852. The number of benzene rings is 1. The van der Waals surface area contributed by atoms with E-state index in [4.69, 9.17) is 9.47 Å². The smallest absolute Gasteiger partial charge is 0.416 e. The molecule has 1 saturated carbocycles. The van der Waals surface area contributed by atoms with Gasteiger partial charge in [-0.15, -0.1) is 0 Å². The van der Waals surface area contributed by atoms with Crippen molar-refractivity contribution >= 4 is 5.97 Å². The highest BCUT2D eigenvalue weighted by Crippen LogP contribution is 2.36. The fraction of sp³-hybridized carbons (Fsp3) is 0.577. The van der Waals surface area contributed by atoms with Crippen LogP contribution in [0.25, 0.3) is 0 Å². The quantitative estimate of drug-likeness (QED) is 0.223. The van der Waals surface area contributed by atoms with Gasteiger partial charge in [0.25, 0.3) is 0 Å². The molecule has 0 unspecified atom stereocenters. The summed E-state index contributed by atoms with van der Waals surface area (Å²) in [5.74, 6) is -0.883. The first-order valence-corrected chi connectivity index (χ1v) is 11.8. The molecule has 35 heavy (non-hydrogen) atoms. The molecule has 0 aromatic heterocycles. The van der Waals surface area contributed by atoms with Crippen LogP contribution in [-0.2, 0) is 15.7 Å². The molecule has 0 bridgehead atoms. The van der Waals surface area contributed by atoms with Crippen LogP contribution in [0.4, 0.5) is 13.2 Å². The zero-order chi connectivity index (χ0) is 26.0. The Balaban J connectivity index is 1.82. The number of carbonyl (C=O) groups is 1. The monoisotopic (exact) mass is 500 g/mol. The maximum absolute atomic E-state index is 12.8. The van der Waals surface area contributed by atoms with Crippen molar-refractivity contribution in [2.45, 2.75) is 76.5 Å². The second-order valence-corrected chi connectivity index (χ2v) is 9.04. The molecule has 2 rings (SSSR count). The van der Waals surface area contributed by atoms with E-state index >= 15 is 0 Å². The number of hydrogen-bond donors (Lipinski definition) is 3. The average molecular weight is 501 g/mol. The van der Waals surface area contributed by atoms with Crippen molar-refractivity contribution in [3.05, 3.63) is 54.1 Å². The van der Waals surface area contributed by atoms with Crippen molar-refractivity contribution in [3.8, 4) is 5.75 Å². The van der Waals surface area contributed by atoms with Crippen LogP contribution < -0.4 is 4.74 Å². The van der Waals surface area contributed by atoms with E-state index in [0.29, 0.717) is 25.7 Å². The van der Waals surface area contributed by atoms with Gasteiger partial charge in [0.05, 0.1) is 23.9 Å². The van der Waals surface area contributed by atoms with E-state index in [1.54, 1.807) is 19.9 Å². The largest absolute Gasteiger partial charge is 0.491 e. The van der Waals surface area contributed by atoms with E-state index < -0.39 is 30.1 Å². The molecule has 0 spiro atoms. The Morgan fingerprint density at radius 2 is 1.94 bits per heavy atom. The number of aliphatic hydroxyl groups excluding tert-OH is 3. The molecule has 1 fully saturated rings. The highest BCUT2D eigenvalue weighted by molar-refractivity contribution is 5.69. The molecule has 5 atom stereocenters. The van der Waals surface area contributed by atoms with Gasteiger partial charge in [0.15, 0.2) is 0 Å². The van der Waals surface area contributed by atoms with Crippen LogP contribution in [0, 0.1) is 11.8 Å². The van der Waals surface area contributed by atoms with Crippen LogP contribution in [0.15, 0.2) is 48.6 Å². The Labute approximate surface area is 204 Å². The number of aliphatic hydroxyl groups is 3. The Morgan fingerprint density at radius 1 is 1.20 bits per heavy atom. The summed E-state index contributed by atoms with van der Waals surface area (Å²) in [6, 6.07) is 4.40. The van der Waals surface area contributed by atoms with Crippen molar-refractivity contribution in [2.75, 3.05) is 6.61 Å². The van der Waals surface area contributed by atoms with E-state index in [0.717, 1.165) is 12.1 Å². The van der Waals surface area contributed by atoms with Crippen molar-refractivity contribution in [1.82, 2.24) is 0 Å². The van der Waals surface area contributed by atoms with Gasteiger partial charge in [0.2, 0.25) is 0 Å². The Morgan fingerprint density at radius 3 is 2.63 bits per heavy atom. The minimum Gasteiger partial charge on any atom is -0.491 e. The molecule has 6 nitrogen and oxygen atoms in total. The van der Waals surface area contributed by atoms with Gasteiger partial charge < -0.3 is 24.8 Å². The number of hydrogen-bond acceptors (Lipinski definition) is 6. The van der Waals surface area contributed by atoms with E-state index in [-0.39, 0.29) is 42.7 Å². The summed E-state index contributed by atoms with van der Waals surface area (Å²) in [4.78, 5) is 11.5. The number of unbranched alkanes of at least 4 members (excludes halogenated alkanes) is 1. The normalized spacial score (nSPS) is 23.9. The predicted octanol–water partition coefficient (Wildman–Crippen LogP) is 4.43. The fourth-order valence-electron chi connectivity index (χ4n) is 4.02. The fourth-order valence-corrected chi connectivity index (χ4v) is 4.02. The van der Waals surface area contributed by atoms with Gasteiger partial charge in [0, 0.05) is 18.8 Å². The number of ether oxygens (including phenoxy) is 2. The number of rotatable bonds is 12. The molecule has 0 radical (unpaired) electrons. The SMILES string of the molecule is CC(C)OC(=O)CCC/C=C/C[C@@H]1[C@@H](/C=C\[C@@H](O)COc2cccc(C(F)(F)F)c2)[C@H](O)C[C@@H]1O. The Kier molecular flexibility index (Phi) is 11.3. The zero-order valence-electron chi connectivity index (χ0n) is 20.0. The van der Waals surface area contributed by atoms with Crippen LogP contribution in [-0.4, -0.2) is 52.3 Å². The number of halogens is 3. The summed E-state index contributed by atoms with van der Waals surface area (Å²) < 4.78 is 48.8. The van der Waals surface area contributed by atoms with Crippen LogP contribution >= 0.6 is 0 Å². The topological polar surface area (TPSA) is 96.2 Å². The third-order valence-electron chi connectivity index (χ3n) is 5.75. The highest BCUT2D eigenvalue weighted by atomic mass is 19.4. The van der Waals surface area contributed by atoms with Gasteiger partial charge in [-0.2, -0.15) is 13.2 Å². The molecular weight excluding hydrogens is 465 g/mol. The number of esters is 1. The van der Waals surface area contributed by atoms with Crippen LogP contribution in [0.2, 0.25) is 0 Å². The van der Waals surface area contributed by atoms with Gasteiger partial charge in [-0.25, -0.2) is 0 Å². The van der Waals surface area contributed by atoms with Crippen molar-refractivity contribution < 1.29 is 42.8 Å². The highest BCUT2D eigenvalue weighted by Gasteiger charge is 2.39. The second kappa shape index (κ2) is 13.7. The second-order valence-electron chi connectivity index (χ2n) is 9.04. The summed E-state index contributed by atoms with van der Waals surface area (Å²) in [6.07, 6.45) is 2.09. The maximum Gasteiger partial charge on any atom is 0.416 e. The van der Waals surface area contributed by atoms with E-state index in [9.17, 15) is 33.3 Å². The van der Waals surface area contributed by atoms with Crippen molar-refractivity contribution in [1.29, 1.82) is 0 Å². The van der Waals surface area contributed by atoms with Crippen LogP contribution in [0.3, 0.4) is 0 Å². The first kappa shape index (κ1) is 28.9. The van der Waals surface area contributed by atoms with Crippen molar-refractivity contribution in [2.24, 2.45) is 11.8 Å². The molecule has 3 N–H and O–H groups in total. The molecule has 1 aromatic carbocycles. The van der Waals surface area contributed by atoms with Gasteiger partial charge in [0.1, 0.15) is 18.5 Å². The third-order valence-corrected chi connectivity index (χ3v) is 5.75. The van der Waals surface area contributed by atoms with Gasteiger partial charge in [-0.3, -0.25) is 4.79 Å². The maximum atomic E-state index is 12.8. The summed E-state index contributed by atoms with van der Waals surface area (Å²) in [7, 11) is 0. The van der Waals surface area contributed by atoms with Gasteiger partial charge >= 0.3 is 12.1 Å². The summed E-state index contributed by atoms with van der Waals surface area (Å²) in [6.45, 7) is 3.34. The molecule has 9 heteroatoms. The molecule has 1 aliphatic carbocycles. The molecule has 0 aliphatic heterocycles. The van der Waals surface area contributed by atoms with E-state index in [2.05, 4.69) is 0 Å². The lowest BCUT2D eigenvalue weighted by molar-refractivity contribution is -0.147. The van der Waals surface area contributed by atoms with Crippen molar-refractivity contribution in [3.63, 3.8) is 0 Å². The lowest BCUT2D eigenvalue weighted by atomic mass is 9.89. The summed E-state index contributed by atoms with van der Waals surface area (Å²) in [5.41, 5.74) is -0.838. The Hall–Kier alpha value is -2.36. The van der Waals surface area contributed by atoms with Gasteiger partial charge in [-0.05, 0) is 57.2 Å². The first-order valence-electron chi connectivity index (χ1n) is 11.8. The summed E-state index contributed by atoms with van der Waals surface area (Å²) >= 11 is 0. The third kappa shape index (κ3) is 10.0. The molecule has 1 aromatic rings. The molecule has 196 valence electrons. The minimum absolute atomic E-state index is 0.0101. The predicted molar refractivity (Wildman–Crippen MR) is 125 cm³/mol. The molecule has 0 saturated heterocycles. The number of allylic oxidation sites excluding steroid dienone is 2. The molecule has 0 amide bonds. The molecular formula is C26H35F3O6. The lowest BCUT2D eigenvalue weighted by Crippen LogP contribution is -2.21. The summed E-state index contributed by atoms with van der Waals surface area (Å²) in [5, 5.41) is 30.8. The van der Waals surface area contributed by atoms with Gasteiger partial charge in [-0.1, -0.05) is 30.4 Å². The standard InChI is InChI=1S/C26H35F3O6/c1-17(2)35-25(33)11-6-4-3-5-10-21-22(24(32)15-23(21)31)13-12-19(30)16-34-20-9-7-8-18(14-20)26(27,28)29/h3,5,7-9,12-14,17,19,21-24,30-32H,4,6,10-11,15-16H2,1-2H3/b5-3+,13-12-/t19-,21-,22-,23+,24-/m1/s1.